The zero-order valence-corrected chi connectivity index (χ0v) is 10.2. The summed E-state index contributed by atoms with van der Waals surface area (Å²) < 4.78 is 0. The van der Waals surface area contributed by atoms with Gasteiger partial charge in [0, 0.05) is 18.9 Å². The van der Waals surface area contributed by atoms with Crippen LogP contribution in [0.15, 0.2) is 24.5 Å². The lowest BCUT2D eigenvalue weighted by Crippen LogP contribution is -2.40. The summed E-state index contributed by atoms with van der Waals surface area (Å²) in [7, 11) is 0. The molecule has 3 heteroatoms. The molecule has 0 saturated heterocycles. The molecule has 0 aliphatic carbocycles. The van der Waals surface area contributed by atoms with Crippen molar-refractivity contribution in [1.82, 2.24) is 10.3 Å². The zero-order chi connectivity index (χ0) is 11.9. The third-order valence-electron chi connectivity index (χ3n) is 3.08. The van der Waals surface area contributed by atoms with Crippen LogP contribution in [0.4, 0.5) is 0 Å². The van der Waals surface area contributed by atoms with Gasteiger partial charge in [-0.25, -0.2) is 0 Å². The Kier molecular flexibility index (Phi) is 5.43. The lowest BCUT2D eigenvalue weighted by Gasteiger charge is -2.25. The highest BCUT2D eigenvalue weighted by atomic mass is 16.3. The molecule has 1 aromatic rings. The van der Waals surface area contributed by atoms with Gasteiger partial charge in [0.2, 0.25) is 0 Å². The molecule has 3 nitrogen and oxygen atoms in total. The third kappa shape index (κ3) is 4.29. The van der Waals surface area contributed by atoms with Gasteiger partial charge in [-0.15, -0.1) is 0 Å². The molecule has 1 heterocycles. The first-order chi connectivity index (χ1) is 7.70. The van der Waals surface area contributed by atoms with Gasteiger partial charge in [0.25, 0.3) is 0 Å². The summed E-state index contributed by atoms with van der Waals surface area (Å²) in [5.74, 6) is 0. The van der Waals surface area contributed by atoms with E-state index in [-0.39, 0.29) is 0 Å². The molecule has 0 aromatic carbocycles. The Morgan fingerprint density at radius 2 is 2.12 bits per heavy atom. The molecular formula is C13H22N2O. The highest BCUT2D eigenvalue weighted by Crippen LogP contribution is 2.12. The average Bonchev–Trinajstić information content (AvgIpc) is 2.36. The van der Waals surface area contributed by atoms with E-state index in [9.17, 15) is 5.11 Å². The summed E-state index contributed by atoms with van der Waals surface area (Å²) in [6, 6.07) is 4.02. The summed E-state index contributed by atoms with van der Waals surface area (Å²) in [5, 5.41) is 13.3. The van der Waals surface area contributed by atoms with Gasteiger partial charge >= 0.3 is 0 Å². The zero-order valence-electron chi connectivity index (χ0n) is 10.2. The van der Waals surface area contributed by atoms with E-state index < -0.39 is 5.60 Å². The first kappa shape index (κ1) is 13.1. The van der Waals surface area contributed by atoms with Crippen molar-refractivity contribution in [3.05, 3.63) is 30.1 Å². The van der Waals surface area contributed by atoms with Gasteiger partial charge in [-0.2, -0.15) is 0 Å². The molecule has 0 aliphatic rings. The maximum atomic E-state index is 10.1. The van der Waals surface area contributed by atoms with Crippen LogP contribution in [0.5, 0.6) is 0 Å². The maximum Gasteiger partial charge on any atom is 0.0766 e. The van der Waals surface area contributed by atoms with Crippen LogP contribution in [0.25, 0.3) is 0 Å². The van der Waals surface area contributed by atoms with Crippen molar-refractivity contribution in [2.75, 3.05) is 13.1 Å². The van der Waals surface area contributed by atoms with Crippen LogP contribution in [-0.2, 0) is 6.42 Å². The fraction of sp³-hybridized carbons (Fsp3) is 0.615. The van der Waals surface area contributed by atoms with E-state index in [0.717, 1.165) is 25.8 Å². The van der Waals surface area contributed by atoms with E-state index in [4.69, 9.17) is 0 Å². The molecule has 16 heavy (non-hydrogen) atoms. The first-order valence-corrected chi connectivity index (χ1v) is 6.02. The van der Waals surface area contributed by atoms with Gasteiger partial charge in [0.05, 0.1) is 5.60 Å². The Bertz CT molecular complexity index is 283. The number of rotatable bonds is 7. The number of pyridine rings is 1. The van der Waals surface area contributed by atoms with E-state index >= 15 is 0 Å². The van der Waals surface area contributed by atoms with Crippen LogP contribution in [0, 0.1) is 0 Å². The molecule has 90 valence electrons. The second-order valence-corrected chi connectivity index (χ2v) is 4.22. The Hall–Kier alpha value is -0.930. The van der Waals surface area contributed by atoms with E-state index in [0.29, 0.717) is 6.54 Å². The second-order valence-electron chi connectivity index (χ2n) is 4.22. The molecule has 0 fully saturated rings. The van der Waals surface area contributed by atoms with E-state index in [1.807, 2.05) is 26.1 Å². The maximum absolute atomic E-state index is 10.1. The van der Waals surface area contributed by atoms with E-state index in [1.165, 1.54) is 5.56 Å². The lowest BCUT2D eigenvalue weighted by atomic mass is 9.97. The second kappa shape index (κ2) is 6.61. The van der Waals surface area contributed by atoms with Gasteiger partial charge in [0.15, 0.2) is 0 Å². The van der Waals surface area contributed by atoms with E-state index in [1.54, 1.807) is 6.20 Å². The minimum Gasteiger partial charge on any atom is -0.389 e. The van der Waals surface area contributed by atoms with Crippen LogP contribution < -0.4 is 5.32 Å². The number of hydrogen-bond acceptors (Lipinski definition) is 3. The predicted octanol–water partition coefficient (Wildman–Crippen LogP) is 1.76. The molecule has 0 saturated carbocycles. The van der Waals surface area contributed by atoms with Crippen molar-refractivity contribution >= 4 is 0 Å². The summed E-state index contributed by atoms with van der Waals surface area (Å²) in [5.41, 5.74) is 0.682. The number of nitrogens with zero attached hydrogens (tertiary/aromatic N) is 1. The Morgan fingerprint density at radius 1 is 1.38 bits per heavy atom. The van der Waals surface area contributed by atoms with Crippen LogP contribution in [0.1, 0.15) is 32.3 Å². The van der Waals surface area contributed by atoms with Crippen molar-refractivity contribution in [2.24, 2.45) is 0 Å². The summed E-state index contributed by atoms with van der Waals surface area (Å²) in [6.07, 6.45) is 6.21. The molecule has 0 bridgehead atoms. The summed E-state index contributed by atoms with van der Waals surface area (Å²) >= 11 is 0. The third-order valence-corrected chi connectivity index (χ3v) is 3.08. The molecular weight excluding hydrogens is 200 g/mol. The molecule has 1 aromatic heterocycles. The van der Waals surface area contributed by atoms with Crippen molar-refractivity contribution in [1.29, 1.82) is 0 Å². The van der Waals surface area contributed by atoms with Gasteiger partial charge in [0.1, 0.15) is 0 Å². The number of nitrogens with one attached hydrogen (secondary N) is 1. The Balaban J connectivity index is 2.22. The van der Waals surface area contributed by atoms with Crippen molar-refractivity contribution in [2.45, 2.75) is 38.7 Å². The molecule has 1 rings (SSSR count). The number of aliphatic hydroxyl groups is 1. The largest absolute Gasteiger partial charge is 0.389 e. The smallest absolute Gasteiger partial charge is 0.0766 e. The Morgan fingerprint density at radius 3 is 2.69 bits per heavy atom. The molecule has 0 unspecified atom stereocenters. The van der Waals surface area contributed by atoms with Gasteiger partial charge < -0.3 is 10.4 Å². The predicted molar refractivity (Wildman–Crippen MR) is 66.3 cm³/mol. The Labute approximate surface area is 97.9 Å². The first-order valence-electron chi connectivity index (χ1n) is 6.02. The minimum absolute atomic E-state index is 0.547. The lowest BCUT2D eigenvalue weighted by molar-refractivity contribution is 0.0328. The number of aromatic nitrogens is 1. The SMILES string of the molecule is CCC(O)(CC)CNCCc1cccnc1. The van der Waals surface area contributed by atoms with Crippen molar-refractivity contribution in [3.8, 4) is 0 Å². The van der Waals surface area contributed by atoms with Gasteiger partial charge in [-0.05, 0) is 37.4 Å². The van der Waals surface area contributed by atoms with Crippen LogP contribution in [0.3, 0.4) is 0 Å². The van der Waals surface area contributed by atoms with Crippen LogP contribution in [-0.4, -0.2) is 28.8 Å². The molecule has 0 atom stereocenters. The van der Waals surface area contributed by atoms with Gasteiger partial charge in [-0.1, -0.05) is 19.9 Å². The molecule has 0 spiro atoms. The van der Waals surface area contributed by atoms with Crippen LogP contribution >= 0.6 is 0 Å². The minimum atomic E-state index is -0.547. The monoisotopic (exact) mass is 222 g/mol. The molecule has 0 amide bonds. The normalized spacial score (nSPS) is 11.7. The summed E-state index contributed by atoms with van der Waals surface area (Å²) in [6.45, 7) is 5.59. The highest BCUT2D eigenvalue weighted by Gasteiger charge is 2.20. The van der Waals surface area contributed by atoms with Gasteiger partial charge in [-0.3, -0.25) is 4.98 Å². The quantitative estimate of drug-likeness (QED) is 0.691. The molecule has 0 aliphatic heterocycles. The molecule has 0 radical (unpaired) electrons. The average molecular weight is 222 g/mol. The standard InChI is InChI=1S/C13H22N2O/c1-3-13(16,4-2)11-15-9-7-12-6-5-8-14-10-12/h5-6,8,10,15-16H,3-4,7,9,11H2,1-2H3. The topological polar surface area (TPSA) is 45.1 Å². The summed E-state index contributed by atoms with van der Waals surface area (Å²) in [4.78, 5) is 4.07. The van der Waals surface area contributed by atoms with E-state index in [2.05, 4.69) is 16.4 Å². The van der Waals surface area contributed by atoms with Crippen molar-refractivity contribution in [3.63, 3.8) is 0 Å². The number of hydrogen-bond donors (Lipinski definition) is 2. The van der Waals surface area contributed by atoms with Crippen molar-refractivity contribution < 1.29 is 5.11 Å². The fourth-order valence-electron chi connectivity index (χ4n) is 1.60. The van der Waals surface area contributed by atoms with Crippen LogP contribution in [0.2, 0.25) is 0 Å². The molecule has 2 N–H and O–H groups in total. The highest BCUT2D eigenvalue weighted by molar-refractivity contribution is 5.08. The fourth-order valence-corrected chi connectivity index (χ4v) is 1.60.